The SMILES string of the molecule is CC(CCNCc1cn(C)c2ccccc12)S(C)=O. The summed E-state index contributed by atoms with van der Waals surface area (Å²) in [5.41, 5.74) is 2.59. The van der Waals surface area contributed by atoms with E-state index in [9.17, 15) is 4.21 Å². The zero-order valence-corrected chi connectivity index (χ0v) is 12.7. The maximum atomic E-state index is 11.3. The lowest BCUT2D eigenvalue weighted by molar-refractivity contribution is 0.629. The van der Waals surface area contributed by atoms with Crippen molar-refractivity contribution in [2.24, 2.45) is 7.05 Å². The summed E-state index contributed by atoms with van der Waals surface area (Å²) in [6, 6.07) is 8.45. The number of fused-ring (bicyclic) bond motifs is 1. The molecule has 0 saturated carbocycles. The Bertz CT molecular complexity index is 577. The molecule has 0 radical (unpaired) electrons. The summed E-state index contributed by atoms with van der Waals surface area (Å²) < 4.78 is 13.4. The van der Waals surface area contributed by atoms with Gasteiger partial charge in [-0.2, -0.15) is 0 Å². The summed E-state index contributed by atoms with van der Waals surface area (Å²) in [5, 5.41) is 5.02. The predicted molar refractivity (Wildman–Crippen MR) is 82.8 cm³/mol. The quantitative estimate of drug-likeness (QED) is 0.823. The lowest BCUT2D eigenvalue weighted by Crippen LogP contribution is -2.20. The highest BCUT2D eigenvalue weighted by molar-refractivity contribution is 7.84. The first-order valence-electron chi connectivity index (χ1n) is 6.65. The van der Waals surface area contributed by atoms with E-state index in [1.54, 1.807) is 6.26 Å². The maximum Gasteiger partial charge on any atom is 0.0481 e. The Labute approximate surface area is 117 Å². The van der Waals surface area contributed by atoms with Crippen molar-refractivity contribution in [3.05, 3.63) is 36.0 Å². The first kappa shape index (κ1) is 14.3. The molecule has 0 saturated heterocycles. The van der Waals surface area contributed by atoms with Gasteiger partial charge in [0.25, 0.3) is 0 Å². The van der Waals surface area contributed by atoms with Crippen LogP contribution in [0.15, 0.2) is 30.5 Å². The first-order chi connectivity index (χ1) is 9.09. The largest absolute Gasteiger partial charge is 0.350 e. The molecular formula is C15H22N2OS. The van der Waals surface area contributed by atoms with Crippen LogP contribution < -0.4 is 5.32 Å². The summed E-state index contributed by atoms with van der Waals surface area (Å²) in [6.07, 6.45) is 4.91. The van der Waals surface area contributed by atoms with E-state index < -0.39 is 10.8 Å². The Kier molecular flexibility index (Phi) is 4.77. The number of nitrogens with one attached hydrogen (secondary N) is 1. The number of aryl methyl sites for hydroxylation is 1. The van der Waals surface area contributed by atoms with E-state index in [2.05, 4.69) is 47.4 Å². The van der Waals surface area contributed by atoms with Gasteiger partial charge in [-0.15, -0.1) is 0 Å². The minimum Gasteiger partial charge on any atom is -0.350 e. The normalized spacial score (nSPS) is 14.7. The van der Waals surface area contributed by atoms with Gasteiger partial charge < -0.3 is 9.88 Å². The molecule has 0 aliphatic carbocycles. The Morgan fingerprint density at radius 1 is 1.37 bits per heavy atom. The van der Waals surface area contributed by atoms with Gasteiger partial charge in [0.05, 0.1) is 0 Å². The number of nitrogens with zero attached hydrogens (tertiary/aromatic N) is 1. The van der Waals surface area contributed by atoms with Crippen molar-refractivity contribution in [2.75, 3.05) is 12.8 Å². The molecule has 1 aromatic heterocycles. The minimum absolute atomic E-state index is 0.264. The Morgan fingerprint density at radius 3 is 2.84 bits per heavy atom. The topological polar surface area (TPSA) is 34.0 Å². The molecule has 0 spiro atoms. The van der Waals surface area contributed by atoms with Crippen LogP contribution in [0.3, 0.4) is 0 Å². The van der Waals surface area contributed by atoms with Crippen LogP contribution in [0.25, 0.3) is 10.9 Å². The van der Waals surface area contributed by atoms with E-state index in [1.807, 2.05) is 6.92 Å². The van der Waals surface area contributed by atoms with Crippen LogP contribution in [0.4, 0.5) is 0 Å². The molecule has 2 rings (SSSR count). The van der Waals surface area contributed by atoms with Crippen LogP contribution in [-0.4, -0.2) is 26.8 Å². The van der Waals surface area contributed by atoms with E-state index in [4.69, 9.17) is 0 Å². The smallest absolute Gasteiger partial charge is 0.0481 e. The van der Waals surface area contributed by atoms with Crippen molar-refractivity contribution in [3.8, 4) is 0 Å². The molecule has 2 aromatic rings. The van der Waals surface area contributed by atoms with Crippen molar-refractivity contribution in [1.29, 1.82) is 0 Å². The third-order valence-electron chi connectivity index (χ3n) is 3.59. The number of hydrogen-bond donors (Lipinski definition) is 1. The van der Waals surface area contributed by atoms with Gasteiger partial charge in [-0.1, -0.05) is 25.1 Å². The standard InChI is InChI=1S/C15H22N2OS/c1-12(19(3)18)8-9-16-10-13-11-17(2)15-7-5-4-6-14(13)15/h4-7,11-12,16H,8-10H2,1-3H3. The number of rotatable bonds is 6. The molecule has 4 heteroatoms. The van der Waals surface area contributed by atoms with Crippen molar-refractivity contribution >= 4 is 21.7 Å². The van der Waals surface area contributed by atoms with Gasteiger partial charge in [-0.25, -0.2) is 0 Å². The summed E-state index contributed by atoms with van der Waals surface area (Å²) in [7, 11) is 1.36. The minimum atomic E-state index is -0.721. The van der Waals surface area contributed by atoms with Crippen LogP contribution in [0.2, 0.25) is 0 Å². The van der Waals surface area contributed by atoms with Gasteiger partial charge in [0.2, 0.25) is 0 Å². The van der Waals surface area contributed by atoms with E-state index in [0.717, 1.165) is 19.5 Å². The first-order valence-corrected chi connectivity index (χ1v) is 8.27. The highest BCUT2D eigenvalue weighted by atomic mass is 32.2. The van der Waals surface area contributed by atoms with Crippen molar-refractivity contribution in [2.45, 2.75) is 25.1 Å². The van der Waals surface area contributed by atoms with Crippen molar-refractivity contribution < 1.29 is 4.21 Å². The molecule has 0 fully saturated rings. The van der Waals surface area contributed by atoms with Gasteiger partial charge in [-0.3, -0.25) is 4.21 Å². The molecule has 1 N–H and O–H groups in total. The molecule has 0 bridgehead atoms. The second-order valence-corrected chi connectivity index (χ2v) is 6.86. The molecule has 104 valence electrons. The maximum absolute atomic E-state index is 11.3. The molecule has 0 amide bonds. The third kappa shape index (κ3) is 3.45. The average Bonchev–Trinajstić information content (AvgIpc) is 2.72. The highest BCUT2D eigenvalue weighted by Gasteiger charge is 2.07. The Balaban J connectivity index is 1.93. The van der Waals surface area contributed by atoms with Gasteiger partial charge in [-0.05, 0) is 24.6 Å². The molecular weight excluding hydrogens is 256 g/mol. The van der Waals surface area contributed by atoms with Crippen LogP contribution in [0.1, 0.15) is 18.9 Å². The highest BCUT2D eigenvalue weighted by Crippen LogP contribution is 2.19. The second kappa shape index (κ2) is 6.35. The molecule has 19 heavy (non-hydrogen) atoms. The number of benzene rings is 1. The van der Waals surface area contributed by atoms with Gasteiger partial charge in [0.1, 0.15) is 0 Å². The van der Waals surface area contributed by atoms with Crippen LogP contribution in [-0.2, 0) is 24.4 Å². The molecule has 2 unspecified atom stereocenters. The monoisotopic (exact) mass is 278 g/mol. The predicted octanol–water partition coefficient (Wildman–Crippen LogP) is 2.43. The zero-order valence-electron chi connectivity index (χ0n) is 11.8. The fourth-order valence-corrected chi connectivity index (χ4v) is 2.71. The summed E-state index contributed by atoms with van der Waals surface area (Å²) in [5.74, 6) is 0. The molecule has 3 nitrogen and oxygen atoms in total. The summed E-state index contributed by atoms with van der Waals surface area (Å²) >= 11 is 0. The van der Waals surface area contributed by atoms with Crippen LogP contribution in [0.5, 0.6) is 0 Å². The molecule has 1 aromatic carbocycles. The summed E-state index contributed by atoms with van der Waals surface area (Å²) in [4.78, 5) is 0. The molecule has 0 aliphatic rings. The van der Waals surface area contributed by atoms with Gasteiger partial charge in [0, 0.05) is 53.0 Å². The molecule has 0 aliphatic heterocycles. The van der Waals surface area contributed by atoms with E-state index in [-0.39, 0.29) is 5.25 Å². The third-order valence-corrected chi connectivity index (χ3v) is 4.96. The van der Waals surface area contributed by atoms with Gasteiger partial charge in [0.15, 0.2) is 0 Å². The fourth-order valence-electron chi connectivity index (χ4n) is 2.26. The van der Waals surface area contributed by atoms with Crippen LogP contribution >= 0.6 is 0 Å². The van der Waals surface area contributed by atoms with Crippen LogP contribution in [0, 0.1) is 0 Å². The number of hydrogen-bond acceptors (Lipinski definition) is 2. The second-order valence-electron chi connectivity index (χ2n) is 5.06. The Morgan fingerprint density at radius 2 is 2.11 bits per heavy atom. The van der Waals surface area contributed by atoms with E-state index in [1.165, 1.54) is 16.5 Å². The summed E-state index contributed by atoms with van der Waals surface area (Å²) in [6.45, 7) is 3.81. The number of aromatic nitrogens is 1. The zero-order chi connectivity index (χ0) is 13.8. The molecule has 2 atom stereocenters. The van der Waals surface area contributed by atoms with E-state index in [0.29, 0.717) is 0 Å². The van der Waals surface area contributed by atoms with Gasteiger partial charge >= 0.3 is 0 Å². The fraction of sp³-hybridized carbons (Fsp3) is 0.467. The lowest BCUT2D eigenvalue weighted by atomic mass is 10.2. The number of para-hydroxylation sites is 1. The van der Waals surface area contributed by atoms with Crippen molar-refractivity contribution in [1.82, 2.24) is 9.88 Å². The average molecular weight is 278 g/mol. The van der Waals surface area contributed by atoms with E-state index >= 15 is 0 Å². The lowest BCUT2D eigenvalue weighted by Gasteiger charge is -2.08. The van der Waals surface area contributed by atoms with Crippen molar-refractivity contribution in [3.63, 3.8) is 0 Å². The Hall–Kier alpha value is -1.13. The molecule has 1 heterocycles.